The largest absolute Gasteiger partial charge is 0.351 e. The van der Waals surface area contributed by atoms with Crippen LogP contribution in [0.3, 0.4) is 0 Å². The number of carbonyl (C=O) groups is 1. The number of aromatic nitrogens is 5. The van der Waals surface area contributed by atoms with Gasteiger partial charge in [0.1, 0.15) is 17.0 Å². The monoisotopic (exact) mass is 406 g/mol. The molecule has 0 atom stereocenters. The zero-order chi connectivity index (χ0) is 21.0. The molecular formula is C21H22N6O3. The van der Waals surface area contributed by atoms with Crippen molar-refractivity contribution in [2.24, 2.45) is 14.1 Å². The Labute approximate surface area is 171 Å². The van der Waals surface area contributed by atoms with E-state index in [1.807, 2.05) is 35.2 Å². The number of nitrogens with zero attached hydrogens (tertiary/aromatic N) is 4. The summed E-state index contributed by atoms with van der Waals surface area (Å²) in [6.07, 6.45) is 1.47. The summed E-state index contributed by atoms with van der Waals surface area (Å²) in [6.45, 7) is 1.21. The molecule has 3 aromatic heterocycles. The fourth-order valence-corrected chi connectivity index (χ4v) is 4.25. The highest BCUT2D eigenvalue weighted by Crippen LogP contribution is 2.28. The SMILES string of the molecule is Cn1c(=O)c2[nH]c(C3CCN(C(=O)c4cc5ccccc5[nH]4)CC3)nc2n(C)c1=O. The molecule has 30 heavy (non-hydrogen) atoms. The third-order valence-electron chi connectivity index (χ3n) is 6.04. The quantitative estimate of drug-likeness (QED) is 0.525. The van der Waals surface area contributed by atoms with E-state index in [9.17, 15) is 14.4 Å². The molecule has 0 bridgehead atoms. The van der Waals surface area contributed by atoms with Gasteiger partial charge in [-0.15, -0.1) is 0 Å². The summed E-state index contributed by atoms with van der Waals surface area (Å²) in [5, 5.41) is 1.02. The Balaban J connectivity index is 1.36. The zero-order valence-corrected chi connectivity index (χ0v) is 16.8. The van der Waals surface area contributed by atoms with Crippen LogP contribution in [0.5, 0.6) is 0 Å². The van der Waals surface area contributed by atoms with Crippen molar-refractivity contribution < 1.29 is 4.79 Å². The number of hydrogen-bond acceptors (Lipinski definition) is 4. The number of H-pyrrole nitrogens is 2. The molecule has 9 nitrogen and oxygen atoms in total. The van der Waals surface area contributed by atoms with E-state index in [-0.39, 0.29) is 17.4 Å². The highest BCUT2D eigenvalue weighted by Gasteiger charge is 2.28. The molecule has 9 heteroatoms. The molecule has 154 valence electrons. The first-order valence-corrected chi connectivity index (χ1v) is 9.96. The van der Waals surface area contributed by atoms with Crippen molar-refractivity contribution in [3.63, 3.8) is 0 Å². The number of carbonyl (C=O) groups excluding carboxylic acids is 1. The number of rotatable bonds is 2. The van der Waals surface area contributed by atoms with Crippen molar-refractivity contribution in [1.82, 2.24) is 29.0 Å². The Morgan fingerprint density at radius 3 is 2.53 bits per heavy atom. The number of aryl methyl sites for hydroxylation is 1. The number of benzene rings is 1. The van der Waals surface area contributed by atoms with Gasteiger partial charge in [0.15, 0.2) is 5.65 Å². The van der Waals surface area contributed by atoms with Crippen molar-refractivity contribution in [3.05, 3.63) is 62.7 Å². The second kappa shape index (κ2) is 6.72. The minimum absolute atomic E-state index is 0.00878. The molecule has 4 aromatic rings. The van der Waals surface area contributed by atoms with Crippen molar-refractivity contribution in [3.8, 4) is 0 Å². The van der Waals surface area contributed by atoms with Gasteiger partial charge in [-0.05, 0) is 25.0 Å². The third kappa shape index (κ3) is 2.77. The second-order valence-corrected chi connectivity index (χ2v) is 7.86. The number of hydrogen-bond donors (Lipinski definition) is 2. The number of amides is 1. The summed E-state index contributed by atoms with van der Waals surface area (Å²) >= 11 is 0. The van der Waals surface area contributed by atoms with Crippen LogP contribution < -0.4 is 11.2 Å². The van der Waals surface area contributed by atoms with E-state index < -0.39 is 5.69 Å². The van der Waals surface area contributed by atoms with Crippen molar-refractivity contribution in [2.75, 3.05) is 13.1 Å². The molecule has 4 heterocycles. The third-order valence-corrected chi connectivity index (χ3v) is 6.04. The highest BCUT2D eigenvalue weighted by atomic mass is 16.2. The Kier molecular flexibility index (Phi) is 4.12. The lowest BCUT2D eigenvalue weighted by Crippen LogP contribution is -2.38. The van der Waals surface area contributed by atoms with Crippen LogP contribution in [0.1, 0.15) is 35.1 Å². The molecular weight excluding hydrogens is 384 g/mol. The average molecular weight is 406 g/mol. The van der Waals surface area contributed by atoms with Crippen LogP contribution in [0.25, 0.3) is 22.1 Å². The van der Waals surface area contributed by atoms with Crippen LogP contribution in [-0.2, 0) is 14.1 Å². The van der Waals surface area contributed by atoms with Gasteiger partial charge in [0, 0.05) is 44.0 Å². The Morgan fingerprint density at radius 1 is 1.07 bits per heavy atom. The van der Waals surface area contributed by atoms with Crippen LogP contribution in [0, 0.1) is 0 Å². The van der Waals surface area contributed by atoms with E-state index in [0.717, 1.165) is 28.3 Å². The maximum absolute atomic E-state index is 12.9. The van der Waals surface area contributed by atoms with Crippen molar-refractivity contribution in [2.45, 2.75) is 18.8 Å². The second-order valence-electron chi connectivity index (χ2n) is 7.86. The molecule has 0 aliphatic carbocycles. The Morgan fingerprint density at radius 2 is 1.80 bits per heavy atom. The molecule has 1 aliphatic heterocycles. The molecule has 2 N–H and O–H groups in total. The summed E-state index contributed by atoms with van der Waals surface area (Å²) in [4.78, 5) is 50.1. The minimum atomic E-state index is -0.399. The highest BCUT2D eigenvalue weighted by molar-refractivity contribution is 5.98. The molecule has 0 spiro atoms. The summed E-state index contributed by atoms with van der Waals surface area (Å²) in [5.41, 5.74) is 1.48. The smallest absolute Gasteiger partial charge is 0.332 e. The van der Waals surface area contributed by atoms with Gasteiger partial charge >= 0.3 is 5.69 Å². The van der Waals surface area contributed by atoms with E-state index in [0.29, 0.717) is 35.8 Å². The Bertz CT molecular complexity index is 1360. The van der Waals surface area contributed by atoms with Gasteiger partial charge in [-0.2, -0.15) is 0 Å². The van der Waals surface area contributed by atoms with Crippen LogP contribution in [0.15, 0.2) is 39.9 Å². The minimum Gasteiger partial charge on any atom is -0.351 e. The normalized spacial score (nSPS) is 15.3. The topological polar surface area (TPSA) is 109 Å². The first kappa shape index (κ1) is 18.4. The summed E-state index contributed by atoms with van der Waals surface area (Å²) < 4.78 is 2.46. The van der Waals surface area contributed by atoms with Gasteiger partial charge in [0.05, 0.1) is 0 Å². The van der Waals surface area contributed by atoms with Crippen LogP contribution in [-0.4, -0.2) is 48.0 Å². The van der Waals surface area contributed by atoms with Crippen LogP contribution >= 0.6 is 0 Å². The fraction of sp³-hybridized carbons (Fsp3) is 0.333. The van der Waals surface area contributed by atoms with E-state index in [1.54, 1.807) is 7.05 Å². The summed E-state index contributed by atoms with van der Waals surface area (Å²) in [7, 11) is 3.06. The predicted molar refractivity (Wildman–Crippen MR) is 113 cm³/mol. The number of imidazole rings is 1. The standard InChI is InChI=1S/C21H22N6O3/c1-25-18-16(20(29)26(2)21(25)30)23-17(24-18)12-7-9-27(10-8-12)19(28)15-11-13-5-3-4-6-14(13)22-15/h3-6,11-12,22H,7-10H2,1-2H3,(H,23,24). The molecule has 1 amide bonds. The molecule has 1 aromatic carbocycles. The fourth-order valence-electron chi connectivity index (χ4n) is 4.25. The van der Waals surface area contributed by atoms with Crippen LogP contribution in [0.4, 0.5) is 0 Å². The van der Waals surface area contributed by atoms with Gasteiger partial charge in [-0.3, -0.25) is 18.7 Å². The number of fused-ring (bicyclic) bond motifs is 2. The Hall–Kier alpha value is -3.62. The zero-order valence-electron chi connectivity index (χ0n) is 16.8. The first-order valence-electron chi connectivity index (χ1n) is 9.96. The van der Waals surface area contributed by atoms with Gasteiger partial charge in [0.25, 0.3) is 11.5 Å². The van der Waals surface area contributed by atoms with E-state index in [4.69, 9.17) is 0 Å². The van der Waals surface area contributed by atoms with Crippen molar-refractivity contribution in [1.29, 1.82) is 0 Å². The van der Waals surface area contributed by atoms with Crippen molar-refractivity contribution >= 4 is 28.0 Å². The first-order chi connectivity index (χ1) is 14.4. The lowest BCUT2D eigenvalue weighted by Gasteiger charge is -2.30. The van der Waals surface area contributed by atoms with E-state index in [2.05, 4.69) is 15.0 Å². The maximum Gasteiger partial charge on any atom is 0.332 e. The summed E-state index contributed by atoms with van der Waals surface area (Å²) in [5.74, 6) is 0.788. The molecule has 0 radical (unpaired) electrons. The number of nitrogens with one attached hydrogen (secondary N) is 2. The number of aromatic amines is 2. The van der Waals surface area contributed by atoms with Gasteiger partial charge < -0.3 is 14.9 Å². The van der Waals surface area contributed by atoms with Crippen LogP contribution in [0.2, 0.25) is 0 Å². The average Bonchev–Trinajstić information content (AvgIpc) is 3.41. The van der Waals surface area contributed by atoms with Gasteiger partial charge in [-0.1, -0.05) is 18.2 Å². The number of piperidine rings is 1. The lowest BCUT2D eigenvalue weighted by atomic mass is 9.96. The molecule has 5 rings (SSSR count). The summed E-state index contributed by atoms with van der Waals surface area (Å²) in [6, 6.07) is 9.71. The molecule has 1 saturated heterocycles. The lowest BCUT2D eigenvalue weighted by molar-refractivity contribution is 0.0706. The van der Waals surface area contributed by atoms with Gasteiger partial charge in [-0.25, -0.2) is 9.78 Å². The molecule has 1 aliphatic rings. The molecule has 1 fully saturated rings. The van der Waals surface area contributed by atoms with E-state index >= 15 is 0 Å². The van der Waals surface area contributed by atoms with Gasteiger partial charge in [0.2, 0.25) is 0 Å². The maximum atomic E-state index is 12.9. The number of para-hydroxylation sites is 1. The molecule has 0 saturated carbocycles. The number of likely N-dealkylation sites (tertiary alicyclic amines) is 1. The predicted octanol–water partition coefficient (Wildman–Crippen LogP) is 1.46. The molecule has 0 unspecified atom stereocenters. The van der Waals surface area contributed by atoms with E-state index in [1.165, 1.54) is 11.6 Å².